The molecule has 0 aliphatic rings. The molecule has 0 aliphatic heterocycles. The van der Waals surface area contributed by atoms with Gasteiger partial charge in [-0.05, 0) is 23.3 Å². The summed E-state index contributed by atoms with van der Waals surface area (Å²) in [5.74, 6) is 2.89. The summed E-state index contributed by atoms with van der Waals surface area (Å²) in [6.45, 7) is 6.18. The summed E-state index contributed by atoms with van der Waals surface area (Å²) < 4.78 is 40.0. The Hall–Kier alpha value is -1.99. The van der Waals surface area contributed by atoms with Crippen LogP contribution in [0.1, 0.15) is 11.1 Å². The first-order valence-electron chi connectivity index (χ1n) is 6.97. The van der Waals surface area contributed by atoms with E-state index in [1.807, 2.05) is 0 Å². The summed E-state index contributed by atoms with van der Waals surface area (Å²) in [6, 6.07) is 12.9. The topological polar surface area (TPSA) is 0 Å². The molecular formula is C18H17F3Si. The highest BCUT2D eigenvalue weighted by Crippen LogP contribution is 2.37. The van der Waals surface area contributed by atoms with Crippen LogP contribution in [0.4, 0.5) is 13.2 Å². The number of hydrogen-bond donors (Lipinski definition) is 0. The minimum Gasteiger partial charge on any atom is -0.166 e. The van der Waals surface area contributed by atoms with Gasteiger partial charge in [-0.3, -0.25) is 0 Å². The molecular weight excluding hydrogens is 301 g/mol. The van der Waals surface area contributed by atoms with Gasteiger partial charge in [-0.15, -0.1) is 5.54 Å². The van der Waals surface area contributed by atoms with E-state index < -0.39 is 19.8 Å². The number of rotatable bonds is 1. The molecule has 0 amide bonds. The zero-order valence-corrected chi connectivity index (χ0v) is 13.8. The third-order valence-electron chi connectivity index (χ3n) is 2.99. The molecule has 0 fully saturated rings. The van der Waals surface area contributed by atoms with Gasteiger partial charge >= 0.3 is 6.18 Å². The standard InChI is InChI=1S/C18H17F3Si/c1-22(2,3)12-11-14-9-10-16(15-7-5-4-6-8-15)17(13-14)18(19,20)21/h4-10,13H,1-3H3. The van der Waals surface area contributed by atoms with Crippen LogP contribution in [0.25, 0.3) is 11.1 Å². The third kappa shape index (κ3) is 4.25. The Kier molecular flexibility index (Phi) is 4.48. The highest BCUT2D eigenvalue weighted by atomic mass is 28.3. The van der Waals surface area contributed by atoms with Crippen molar-refractivity contribution in [1.82, 2.24) is 0 Å². The maximum Gasteiger partial charge on any atom is 0.417 e. The molecule has 0 radical (unpaired) electrons. The summed E-state index contributed by atoms with van der Waals surface area (Å²) >= 11 is 0. The van der Waals surface area contributed by atoms with Gasteiger partial charge < -0.3 is 0 Å². The first-order valence-corrected chi connectivity index (χ1v) is 10.5. The summed E-state index contributed by atoms with van der Waals surface area (Å²) in [6.07, 6.45) is -4.40. The van der Waals surface area contributed by atoms with E-state index in [2.05, 4.69) is 31.1 Å². The van der Waals surface area contributed by atoms with Gasteiger partial charge in [0.15, 0.2) is 0 Å². The van der Waals surface area contributed by atoms with Gasteiger partial charge in [-0.1, -0.05) is 62.0 Å². The lowest BCUT2D eigenvalue weighted by Gasteiger charge is -2.13. The molecule has 2 rings (SSSR count). The molecule has 0 N–H and O–H groups in total. The maximum atomic E-state index is 13.3. The van der Waals surface area contributed by atoms with E-state index in [1.165, 1.54) is 6.07 Å². The number of benzene rings is 2. The van der Waals surface area contributed by atoms with Crippen molar-refractivity contribution in [3.63, 3.8) is 0 Å². The quantitative estimate of drug-likeness (QED) is 0.474. The fourth-order valence-electron chi connectivity index (χ4n) is 1.99. The number of halogens is 3. The summed E-state index contributed by atoms with van der Waals surface area (Å²) in [7, 11) is -1.62. The minimum atomic E-state index is -4.40. The van der Waals surface area contributed by atoms with Crippen LogP contribution in [0.5, 0.6) is 0 Å². The van der Waals surface area contributed by atoms with Crippen molar-refractivity contribution < 1.29 is 13.2 Å². The van der Waals surface area contributed by atoms with Crippen molar-refractivity contribution in [2.24, 2.45) is 0 Å². The van der Waals surface area contributed by atoms with Gasteiger partial charge in [0.05, 0.1) is 5.56 Å². The summed E-state index contributed by atoms with van der Waals surface area (Å²) in [4.78, 5) is 0. The van der Waals surface area contributed by atoms with Gasteiger partial charge in [0.1, 0.15) is 8.07 Å². The largest absolute Gasteiger partial charge is 0.417 e. The minimum absolute atomic E-state index is 0.187. The van der Waals surface area contributed by atoms with Crippen LogP contribution in [0.2, 0.25) is 19.6 Å². The van der Waals surface area contributed by atoms with Crippen molar-refractivity contribution in [1.29, 1.82) is 0 Å². The van der Waals surface area contributed by atoms with Crippen molar-refractivity contribution in [3.05, 3.63) is 59.7 Å². The lowest BCUT2D eigenvalue weighted by atomic mass is 9.97. The second kappa shape index (κ2) is 6.02. The highest BCUT2D eigenvalue weighted by molar-refractivity contribution is 6.83. The Morgan fingerprint density at radius 3 is 2.09 bits per heavy atom. The molecule has 114 valence electrons. The molecule has 0 aromatic heterocycles. The van der Waals surface area contributed by atoms with E-state index >= 15 is 0 Å². The molecule has 22 heavy (non-hydrogen) atoms. The molecule has 0 unspecified atom stereocenters. The monoisotopic (exact) mass is 318 g/mol. The Bertz CT molecular complexity index is 714. The van der Waals surface area contributed by atoms with Crippen molar-refractivity contribution in [3.8, 4) is 22.6 Å². The molecule has 0 saturated carbocycles. The van der Waals surface area contributed by atoms with Crippen LogP contribution in [0.15, 0.2) is 48.5 Å². The van der Waals surface area contributed by atoms with E-state index in [4.69, 9.17) is 0 Å². The van der Waals surface area contributed by atoms with E-state index in [0.717, 1.165) is 6.07 Å². The van der Waals surface area contributed by atoms with Gasteiger partial charge in [0.2, 0.25) is 0 Å². The van der Waals surface area contributed by atoms with Crippen LogP contribution >= 0.6 is 0 Å². The van der Waals surface area contributed by atoms with Crippen molar-refractivity contribution in [2.45, 2.75) is 25.8 Å². The zero-order valence-electron chi connectivity index (χ0n) is 12.8. The second-order valence-corrected chi connectivity index (χ2v) is 10.9. The van der Waals surface area contributed by atoms with E-state index in [-0.39, 0.29) is 5.56 Å². The maximum absolute atomic E-state index is 13.3. The first kappa shape index (κ1) is 16.4. The molecule has 0 aliphatic carbocycles. The van der Waals surface area contributed by atoms with Gasteiger partial charge in [0, 0.05) is 5.56 Å². The molecule has 0 heterocycles. The average Bonchev–Trinajstić information content (AvgIpc) is 2.44. The molecule has 0 spiro atoms. The molecule has 4 heteroatoms. The number of hydrogen-bond acceptors (Lipinski definition) is 0. The predicted molar refractivity (Wildman–Crippen MR) is 87.1 cm³/mol. The van der Waals surface area contributed by atoms with E-state index in [0.29, 0.717) is 11.1 Å². The fourth-order valence-corrected chi connectivity index (χ4v) is 2.50. The van der Waals surface area contributed by atoms with Crippen LogP contribution in [0.3, 0.4) is 0 Å². The van der Waals surface area contributed by atoms with Crippen molar-refractivity contribution >= 4 is 8.07 Å². The van der Waals surface area contributed by atoms with Crippen LogP contribution in [-0.2, 0) is 6.18 Å². The predicted octanol–water partition coefficient (Wildman–Crippen LogP) is 5.60. The summed E-state index contributed by atoms with van der Waals surface area (Å²) in [5, 5.41) is 0. The van der Waals surface area contributed by atoms with Crippen LogP contribution in [0, 0.1) is 11.5 Å². The lowest BCUT2D eigenvalue weighted by molar-refractivity contribution is -0.137. The van der Waals surface area contributed by atoms with Crippen molar-refractivity contribution in [2.75, 3.05) is 0 Å². The van der Waals surface area contributed by atoms with E-state index in [9.17, 15) is 13.2 Å². The molecule has 2 aromatic rings. The molecule has 0 nitrogen and oxygen atoms in total. The van der Waals surface area contributed by atoms with Crippen LogP contribution in [-0.4, -0.2) is 8.07 Å². The molecule has 0 atom stereocenters. The normalized spacial score (nSPS) is 11.7. The zero-order chi connectivity index (χ0) is 16.4. The lowest BCUT2D eigenvalue weighted by Crippen LogP contribution is -2.16. The van der Waals surface area contributed by atoms with E-state index in [1.54, 1.807) is 36.4 Å². The van der Waals surface area contributed by atoms with Gasteiger partial charge in [-0.2, -0.15) is 13.2 Å². The Labute approximate surface area is 130 Å². The Balaban J connectivity index is 2.55. The smallest absolute Gasteiger partial charge is 0.166 e. The van der Waals surface area contributed by atoms with Gasteiger partial charge in [-0.25, -0.2) is 0 Å². The number of alkyl halides is 3. The molecule has 0 saturated heterocycles. The highest BCUT2D eigenvalue weighted by Gasteiger charge is 2.33. The summed E-state index contributed by atoms with van der Waals surface area (Å²) in [5.41, 5.74) is 3.61. The SMILES string of the molecule is C[Si](C)(C)C#Cc1ccc(-c2ccccc2)c(C(F)(F)F)c1. The molecule has 2 aromatic carbocycles. The van der Waals surface area contributed by atoms with Gasteiger partial charge in [0.25, 0.3) is 0 Å². The fraction of sp³-hybridized carbons (Fsp3) is 0.222. The van der Waals surface area contributed by atoms with Crippen LogP contribution < -0.4 is 0 Å². The Morgan fingerprint density at radius 2 is 1.55 bits per heavy atom. The molecule has 0 bridgehead atoms. The Morgan fingerprint density at radius 1 is 0.909 bits per heavy atom. The third-order valence-corrected chi connectivity index (χ3v) is 3.87. The average molecular weight is 318 g/mol. The second-order valence-electron chi connectivity index (χ2n) is 6.12. The first-order chi connectivity index (χ1) is 10.2.